The number of para-hydroxylation sites is 1. The molecular weight excluding hydrogens is 392 g/mol. The van der Waals surface area contributed by atoms with Gasteiger partial charge in [-0.05, 0) is 41.5 Å². The number of hydrogen-bond acceptors (Lipinski definition) is 4. The Balaban J connectivity index is 1.66. The highest BCUT2D eigenvalue weighted by atomic mass is 16.5. The van der Waals surface area contributed by atoms with Gasteiger partial charge in [-0.15, -0.1) is 0 Å². The molecule has 0 aliphatic heterocycles. The SMILES string of the molecule is COc1ccc(/C=C/C(=O)Nc2ccccc2C(=O)NCc2ccccc2)cc1OC. The van der Waals surface area contributed by atoms with Crippen LogP contribution >= 0.6 is 0 Å². The van der Waals surface area contributed by atoms with E-state index in [9.17, 15) is 9.59 Å². The molecule has 2 amide bonds. The Kier molecular flexibility index (Phi) is 7.43. The van der Waals surface area contributed by atoms with Crippen molar-refractivity contribution in [2.24, 2.45) is 0 Å². The zero-order valence-corrected chi connectivity index (χ0v) is 17.4. The molecule has 0 atom stereocenters. The van der Waals surface area contributed by atoms with Gasteiger partial charge in [0.15, 0.2) is 11.5 Å². The molecule has 0 heterocycles. The van der Waals surface area contributed by atoms with E-state index < -0.39 is 0 Å². The number of benzene rings is 3. The van der Waals surface area contributed by atoms with Crippen LogP contribution in [0, 0.1) is 0 Å². The molecule has 0 aliphatic rings. The molecule has 31 heavy (non-hydrogen) atoms. The summed E-state index contributed by atoms with van der Waals surface area (Å²) in [5.41, 5.74) is 2.61. The van der Waals surface area contributed by atoms with Crippen LogP contribution in [0.4, 0.5) is 5.69 Å². The molecule has 6 nitrogen and oxygen atoms in total. The van der Waals surface area contributed by atoms with E-state index in [-0.39, 0.29) is 11.8 Å². The molecule has 6 heteroatoms. The Hall–Kier alpha value is -4.06. The molecule has 0 aromatic heterocycles. The lowest BCUT2D eigenvalue weighted by molar-refractivity contribution is -0.111. The van der Waals surface area contributed by atoms with Gasteiger partial charge in [0.25, 0.3) is 5.91 Å². The summed E-state index contributed by atoms with van der Waals surface area (Å²) >= 11 is 0. The molecule has 2 N–H and O–H groups in total. The molecule has 3 aromatic carbocycles. The summed E-state index contributed by atoms with van der Waals surface area (Å²) in [6.45, 7) is 0.404. The van der Waals surface area contributed by atoms with E-state index in [1.807, 2.05) is 36.4 Å². The topological polar surface area (TPSA) is 76.7 Å². The van der Waals surface area contributed by atoms with Crippen LogP contribution in [0.2, 0.25) is 0 Å². The van der Waals surface area contributed by atoms with Crippen molar-refractivity contribution >= 4 is 23.6 Å². The number of carbonyl (C=O) groups is 2. The minimum Gasteiger partial charge on any atom is -0.493 e. The molecule has 0 unspecified atom stereocenters. The number of rotatable bonds is 8. The van der Waals surface area contributed by atoms with Crippen molar-refractivity contribution in [1.82, 2.24) is 5.32 Å². The first kappa shape index (κ1) is 21.6. The van der Waals surface area contributed by atoms with E-state index >= 15 is 0 Å². The molecule has 0 radical (unpaired) electrons. The molecule has 3 rings (SSSR count). The van der Waals surface area contributed by atoms with Crippen LogP contribution in [0.25, 0.3) is 6.08 Å². The summed E-state index contributed by atoms with van der Waals surface area (Å²) in [7, 11) is 3.12. The monoisotopic (exact) mass is 416 g/mol. The fourth-order valence-electron chi connectivity index (χ4n) is 2.97. The number of hydrogen-bond donors (Lipinski definition) is 2. The van der Waals surface area contributed by atoms with Gasteiger partial charge in [-0.25, -0.2) is 0 Å². The maximum Gasteiger partial charge on any atom is 0.253 e. The number of nitrogens with one attached hydrogen (secondary N) is 2. The largest absolute Gasteiger partial charge is 0.493 e. The Bertz CT molecular complexity index is 1080. The third-order valence-electron chi connectivity index (χ3n) is 4.56. The Morgan fingerprint density at radius 2 is 1.58 bits per heavy atom. The number of amides is 2. The molecule has 0 bridgehead atoms. The summed E-state index contributed by atoms with van der Waals surface area (Å²) in [6, 6.07) is 21.9. The summed E-state index contributed by atoms with van der Waals surface area (Å²) in [5, 5.41) is 5.64. The van der Waals surface area contributed by atoms with E-state index in [0.29, 0.717) is 29.3 Å². The lowest BCUT2D eigenvalue weighted by Crippen LogP contribution is -2.24. The van der Waals surface area contributed by atoms with Crippen molar-refractivity contribution in [3.05, 3.63) is 95.6 Å². The lowest BCUT2D eigenvalue weighted by Gasteiger charge is -2.11. The zero-order chi connectivity index (χ0) is 22.1. The van der Waals surface area contributed by atoms with Crippen molar-refractivity contribution in [2.45, 2.75) is 6.54 Å². The van der Waals surface area contributed by atoms with Gasteiger partial charge in [0.2, 0.25) is 5.91 Å². The van der Waals surface area contributed by atoms with Gasteiger partial charge in [0.1, 0.15) is 0 Å². The van der Waals surface area contributed by atoms with Crippen LogP contribution in [0.1, 0.15) is 21.5 Å². The van der Waals surface area contributed by atoms with Gasteiger partial charge >= 0.3 is 0 Å². The van der Waals surface area contributed by atoms with Crippen molar-refractivity contribution in [3.63, 3.8) is 0 Å². The highest BCUT2D eigenvalue weighted by Crippen LogP contribution is 2.28. The van der Waals surface area contributed by atoms with Crippen LogP contribution in [-0.2, 0) is 11.3 Å². The van der Waals surface area contributed by atoms with E-state index in [4.69, 9.17) is 9.47 Å². The van der Waals surface area contributed by atoms with Crippen LogP contribution < -0.4 is 20.1 Å². The third kappa shape index (κ3) is 5.96. The fraction of sp³-hybridized carbons (Fsp3) is 0.120. The van der Waals surface area contributed by atoms with E-state index in [2.05, 4.69) is 10.6 Å². The predicted molar refractivity (Wildman–Crippen MR) is 121 cm³/mol. The van der Waals surface area contributed by atoms with E-state index in [1.54, 1.807) is 56.7 Å². The summed E-state index contributed by atoms with van der Waals surface area (Å²) in [6.07, 6.45) is 3.06. The number of anilines is 1. The average molecular weight is 416 g/mol. The van der Waals surface area contributed by atoms with Gasteiger partial charge < -0.3 is 20.1 Å². The molecule has 0 spiro atoms. The first-order valence-electron chi connectivity index (χ1n) is 9.73. The highest BCUT2D eigenvalue weighted by Gasteiger charge is 2.12. The number of ether oxygens (including phenoxy) is 2. The zero-order valence-electron chi connectivity index (χ0n) is 17.4. The quantitative estimate of drug-likeness (QED) is 0.537. The Labute approximate surface area is 181 Å². The first-order valence-corrected chi connectivity index (χ1v) is 9.73. The number of carbonyl (C=O) groups excluding carboxylic acids is 2. The minimum absolute atomic E-state index is 0.261. The Morgan fingerprint density at radius 1 is 0.871 bits per heavy atom. The Morgan fingerprint density at radius 3 is 2.32 bits per heavy atom. The second kappa shape index (κ2) is 10.6. The highest BCUT2D eigenvalue weighted by molar-refractivity contribution is 6.07. The fourth-order valence-corrected chi connectivity index (χ4v) is 2.97. The first-order chi connectivity index (χ1) is 15.1. The maximum absolute atomic E-state index is 12.6. The summed E-state index contributed by atoms with van der Waals surface area (Å²) < 4.78 is 10.5. The second-order valence-corrected chi connectivity index (χ2v) is 6.65. The molecular formula is C25H24N2O4. The smallest absolute Gasteiger partial charge is 0.253 e. The molecule has 0 saturated carbocycles. The van der Waals surface area contributed by atoms with Crippen molar-refractivity contribution in [1.29, 1.82) is 0 Å². The van der Waals surface area contributed by atoms with Crippen LogP contribution in [0.5, 0.6) is 11.5 Å². The van der Waals surface area contributed by atoms with E-state index in [0.717, 1.165) is 11.1 Å². The minimum atomic E-state index is -0.349. The standard InChI is InChI=1S/C25H24N2O4/c1-30-22-14-12-18(16-23(22)31-2)13-15-24(28)27-21-11-7-6-10-20(21)25(29)26-17-19-8-4-3-5-9-19/h3-16H,17H2,1-2H3,(H,26,29)(H,27,28)/b15-13+. The van der Waals surface area contributed by atoms with E-state index in [1.165, 1.54) is 6.08 Å². The van der Waals surface area contributed by atoms with Crippen molar-refractivity contribution < 1.29 is 19.1 Å². The molecule has 0 fully saturated rings. The predicted octanol–water partition coefficient (Wildman–Crippen LogP) is 4.29. The van der Waals surface area contributed by atoms with Gasteiger partial charge in [0.05, 0.1) is 25.5 Å². The normalized spacial score (nSPS) is 10.5. The van der Waals surface area contributed by atoms with Crippen molar-refractivity contribution in [2.75, 3.05) is 19.5 Å². The third-order valence-corrected chi connectivity index (χ3v) is 4.56. The second-order valence-electron chi connectivity index (χ2n) is 6.65. The van der Waals surface area contributed by atoms with Crippen LogP contribution in [0.15, 0.2) is 78.9 Å². The van der Waals surface area contributed by atoms with Crippen LogP contribution in [-0.4, -0.2) is 26.0 Å². The molecule has 0 saturated heterocycles. The maximum atomic E-state index is 12.6. The average Bonchev–Trinajstić information content (AvgIpc) is 2.82. The molecule has 3 aromatic rings. The van der Waals surface area contributed by atoms with Gasteiger partial charge in [-0.1, -0.05) is 48.5 Å². The molecule has 158 valence electrons. The van der Waals surface area contributed by atoms with Crippen molar-refractivity contribution in [3.8, 4) is 11.5 Å². The number of methoxy groups -OCH3 is 2. The summed E-state index contributed by atoms with van der Waals surface area (Å²) in [4.78, 5) is 25.1. The van der Waals surface area contributed by atoms with Crippen LogP contribution in [0.3, 0.4) is 0 Å². The summed E-state index contributed by atoms with van der Waals surface area (Å²) in [5.74, 6) is 0.576. The van der Waals surface area contributed by atoms with Gasteiger partial charge in [-0.2, -0.15) is 0 Å². The van der Waals surface area contributed by atoms with Gasteiger partial charge in [0, 0.05) is 12.6 Å². The lowest BCUT2D eigenvalue weighted by atomic mass is 10.1. The molecule has 0 aliphatic carbocycles. The van der Waals surface area contributed by atoms with Gasteiger partial charge in [-0.3, -0.25) is 9.59 Å².